The van der Waals surface area contributed by atoms with Crippen LogP contribution in [0.1, 0.15) is 27.2 Å². The third kappa shape index (κ3) is 5.37. The highest BCUT2D eigenvalue weighted by atomic mass is 16.2. The molecule has 5 nitrogen and oxygen atoms in total. The Morgan fingerprint density at radius 3 is 2.20 bits per heavy atom. The van der Waals surface area contributed by atoms with E-state index in [4.69, 9.17) is 5.73 Å². The van der Waals surface area contributed by atoms with Crippen LogP contribution in [-0.2, 0) is 9.59 Å². The summed E-state index contributed by atoms with van der Waals surface area (Å²) >= 11 is 0. The molecule has 0 aromatic rings. The first kappa shape index (κ1) is 13.9. The summed E-state index contributed by atoms with van der Waals surface area (Å²) in [6, 6.07) is -0.677. The van der Waals surface area contributed by atoms with Gasteiger partial charge in [-0.15, -0.1) is 0 Å². The number of nitrogens with one attached hydrogen (secondary N) is 2. The molecule has 0 aliphatic rings. The summed E-state index contributed by atoms with van der Waals surface area (Å²) in [6.07, 6.45) is 0.249. The molecule has 0 aliphatic heterocycles. The minimum atomic E-state index is -0.512. The SMILES string of the molecule is CNC(=O)C(C)NC(=O)CC(N)C(C)C. The molecule has 0 fully saturated rings. The molecule has 0 aliphatic carbocycles. The predicted octanol–water partition coefficient (Wildman–Crippen LogP) is -0.389. The third-order valence-corrected chi connectivity index (χ3v) is 2.29. The van der Waals surface area contributed by atoms with Crippen molar-refractivity contribution in [1.29, 1.82) is 0 Å². The molecule has 15 heavy (non-hydrogen) atoms. The number of carbonyl (C=O) groups excluding carboxylic acids is 2. The summed E-state index contributed by atoms with van der Waals surface area (Å²) in [4.78, 5) is 22.5. The maximum atomic E-state index is 11.4. The van der Waals surface area contributed by atoms with Crippen LogP contribution in [0.3, 0.4) is 0 Å². The Bertz CT molecular complexity index is 229. The summed E-state index contributed by atoms with van der Waals surface area (Å²) < 4.78 is 0. The lowest BCUT2D eigenvalue weighted by Crippen LogP contribution is -2.45. The number of carbonyl (C=O) groups is 2. The van der Waals surface area contributed by atoms with E-state index in [9.17, 15) is 9.59 Å². The summed E-state index contributed by atoms with van der Waals surface area (Å²) in [5.74, 6) is -0.139. The topological polar surface area (TPSA) is 84.2 Å². The lowest BCUT2D eigenvalue weighted by atomic mass is 10.0. The van der Waals surface area contributed by atoms with E-state index in [0.29, 0.717) is 0 Å². The second kappa shape index (κ2) is 6.40. The second-order valence-electron chi connectivity index (χ2n) is 4.02. The molecule has 0 heterocycles. The third-order valence-electron chi connectivity index (χ3n) is 2.29. The zero-order chi connectivity index (χ0) is 12.0. The van der Waals surface area contributed by atoms with Gasteiger partial charge in [-0.2, -0.15) is 0 Å². The molecule has 2 atom stereocenters. The van der Waals surface area contributed by atoms with Crippen LogP contribution in [0.5, 0.6) is 0 Å². The van der Waals surface area contributed by atoms with Crippen LogP contribution in [0.15, 0.2) is 0 Å². The van der Waals surface area contributed by atoms with Gasteiger partial charge in [0.15, 0.2) is 0 Å². The number of likely N-dealkylation sites (N-methyl/N-ethyl adjacent to an activating group) is 1. The number of rotatable bonds is 5. The fraction of sp³-hybridized carbons (Fsp3) is 0.800. The molecular formula is C10H21N3O2. The van der Waals surface area contributed by atoms with Gasteiger partial charge in [0.25, 0.3) is 0 Å². The maximum absolute atomic E-state index is 11.4. The largest absolute Gasteiger partial charge is 0.357 e. The number of nitrogens with two attached hydrogens (primary N) is 1. The molecule has 5 heteroatoms. The molecule has 0 radical (unpaired) electrons. The van der Waals surface area contributed by atoms with E-state index in [1.807, 2.05) is 13.8 Å². The van der Waals surface area contributed by atoms with Crippen LogP contribution in [-0.4, -0.2) is 30.9 Å². The normalized spacial score (nSPS) is 14.5. The molecule has 0 aromatic carbocycles. The summed E-state index contributed by atoms with van der Waals surface area (Å²) in [5.41, 5.74) is 5.74. The van der Waals surface area contributed by atoms with Crippen molar-refractivity contribution in [2.45, 2.75) is 39.3 Å². The Balaban J connectivity index is 3.98. The first-order chi connectivity index (χ1) is 6.88. The highest BCUT2D eigenvalue weighted by molar-refractivity contribution is 5.87. The zero-order valence-electron chi connectivity index (χ0n) is 9.83. The van der Waals surface area contributed by atoms with Crippen LogP contribution in [0.25, 0.3) is 0 Å². The van der Waals surface area contributed by atoms with Crippen LogP contribution in [0, 0.1) is 5.92 Å². The molecule has 0 rings (SSSR count). The van der Waals surface area contributed by atoms with E-state index in [-0.39, 0.29) is 30.2 Å². The van der Waals surface area contributed by atoms with Gasteiger partial charge in [0.2, 0.25) is 11.8 Å². The van der Waals surface area contributed by atoms with Gasteiger partial charge in [-0.05, 0) is 12.8 Å². The summed E-state index contributed by atoms with van der Waals surface area (Å²) in [6.45, 7) is 5.55. The Labute approximate surface area is 90.8 Å². The van der Waals surface area contributed by atoms with E-state index in [1.54, 1.807) is 6.92 Å². The van der Waals surface area contributed by atoms with Gasteiger partial charge >= 0.3 is 0 Å². The van der Waals surface area contributed by atoms with Gasteiger partial charge in [-0.3, -0.25) is 9.59 Å². The van der Waals surface area contributed by atoms with Crippen molar-refractivity contribution in [1.82, 2.24) is 10.6 Å². The first-order valence-corrected chi connectivity index (χ1v) is 5.15. The lowest BCUT2D eigenvalue weighted by Gasteiger charge is -2.17. The van der Waals surface area contributed by atoms with Crippen molar-refractivity contribution >= 4 is 11.8 Å². The van der Waals surface area contributed by atoms with Crippen LogP contribution < -0.4 is 16.4 Å². The zero-order valence-corrected chi connectivity index (χ0v) is 9.83. The van der Waals surface area contributed by atoms with Crippen molar-refractivity contribution < 1.29 is 9.59 Å². The van der Waals surface area contributed by atoms with Crippen molar-refractivity contribution in [2.75, 3.05) is 7.05 Å². The lowest BCUT2D eigenvalue weighted by molar-refractivity contribution is -0.128. The van der Waals surface area contributed by atoms with E-state index >= 15 is 0 Å². The van der Waals surface area contributed by atoms with E-state index in [2.05, 4.69) is 10.6 Å². The fourth-order valence-electron chi connectivity index (χ4n) is 1.03. The highest BCUT2D eigenvalue weighted by Gasteiger charge is 2.17. The van der Waals surface area contributed by atoms with Crippen molar-refractivity contribution in [2.24, 2.45) is 11.7 Å². The van der Waals surface area contributed by atoms with E-state index in [1.165, 1.54) is 7.05 Å². The fourth-order valence-corrected chi connectivity index (χ4v) is 1.03. The maximum Gasteiger partial charge on any atom is 0.242 e. The van der Waals surface area contributed by atoms with Gasteiger partial charge in [0.05, 0.1) is 0 Å². The van der Waals surface area contributed by atoms with Gasteiger partial charge in [-0.25, -0.2) is 0 Å². The van der Waals surface area contributed by atoms with Crippen LogP contribution in [0.4, 0.5) is 0 Å². The van der Waals surface area contributed by atoms with Crippen molar-refractivity contribution in [3.8, 4) is 0 Å². The minimum absolute atomic E-state index is 0.165. The second-order valence-corrected chi connectivity index (χ2v) is 4.02. The van der Waals surface area contributed by atoms with E-state index < -0.39 is 6.04 Å². The van der Waals surface area contributed by atoms with Gasteiger partial charge < -0.3 is 16.4 Å². The van der Waals surface area contributed by atoms with E-state index in [0.717, 1.165) is 0 Å². The average molecular weight is 215 g/mol. The highest BCUT2D eigenvalue weighted by Crippen LogP contribution is 2.02. The standard InChI is InChI=1S/C10H21N3O2/c1-6(2)8(11)5-9(14)13-7(3)10(15)12-4/h6-8H,5,11H2,1-4H3,(H,12,15)(H,13,14). The smallest absolute Gasteiger partial charge is 0.242 e. The van der Waals surface area contributed by atoms with Gasteiger partial charge in [0.1, 0.15) is 6.04 Å². The van der Waals surface area contributed by atoms with Gasteiger partial charge in [0, 0.05) is 19.5 Å². The van der Waals surface area contributed by atoms with Crippen molar-refractivity contribution in [3.05, 3.63) is 0 Å². The Morgan fingerprint density at radius 1 is 1.27 bits per heavy atom. The molecule has 0 spiro atoms. The molecule has 2 amide bonds. The number of hydrogen-bond acceptors (Lipinski definition) is 3. The molecule has 88 valence electrons. The molecular weight excluding hydrogens is 194 g/mol. The molecule has 2 unspecified atom stereocenters. The van der Waals surface area contributed by atoms with Gasteiger partial charge in [-0.1, -0.05) is 13.8 Å². The first-order valence-electron chi connectivity index (χ1n) is 5.15. The predicted molar refractivity (Wildman–Crippen MR) is 59.1 cm³/mol. The monoisotopic (exact) mass is 215 g/mol. The Kier molecular flexibility index (Phi) is 5.93. The van der Waals surface area contributed by atoms with Crippen molar-refractivity contribution in [3.63, 3.8) is 0 Å². The minimum Gasteiger partial charge on any atom is -0.357 e. The molecule has 0 bridgehead atoms. The number of amides is 2. The van der Waals surface area contributed by atoms with Crippen LogP contribution >= 0.6 is 0 Å². The molecule has 0 saturated heterocycles. The molecule has 4 N–H and O–H groups in total. The van der Waals surface area contributed by atoms with Crippen LogP contribution in [0.2, 0.25) is 0 Å². The molecule has 0 saturated carbocycles. The number of hydrogen-bond donors (Lipinski definition) is 3. The Morgan fingerprint density at radius 2 is 1.80 bits per heavy atom. The average Bonchev–Trinajstić information content (AvgIpc) is 2.15. The summed E-state index contributed by atoms with van der Waals surface area (Å²) in [7, 11) is 1.53. The quantitative estimate of drug-likeness (QED) is 0.584. The molecule has 0 aromatic heterocycles. The Hall–Kier alpha value is -1.10. The summed E-state index contributed by atoms with van der Waals surface area (Å²) in [5, 5.41) is 5.05.